The Morgan fingerprint density at radius 2 is 1.77 bits per heavy atom. The van der Waals surface area contributed by atoms with Crippen molar-refractivity contribution in [3.8, 4) is 0 Å². The molecule has 1 amide bonds. The van der Waals surface area contributed by atoms with Gasteiger partial charge in [-0.05, 0) is 55.0 Å². The summed E-state index contributed by atoms with van der Waals surface area (Å²) < 4.78 is 44.8. The van der Waals surface area contributed by atoms with E-state index in [2.05, 4.69) is 10.0 Å². The third-order valence-corrected chi connectivity index (χ3v) is 5.40. The highest BCUT2D eigenvalue weighted by Crippen LogP contribution is 2.18. The summed E-state index contributed by atoms with van der Waals surface area (Å²) in [6.07, 6.45) is -0.786. The Labute approximate surface area is 149 Å². The van der Waals surface area contributed by atoms with Gasteiger partial charge in [0.25, 0.3) is 5.91 Å². The van der Waals surface area contributed by atoms with Gasteiger partial charge in [-0.2, -0.15) is 0 Å². The van der Waals surface area contributed by atoms with Gasteiger partial charge in [0.2, 0.25) is 10.0 Å². The third kappa shape index (κ3) is 4.25. The molecule has 1 aliphatic heterocycles. The number of aliphatic hydroxyl groups excluding tert-OH is 1. The van der Waals surface area contributed by atoms with E-state index in [1.807, 2.05) is 0 Å². The van der Waals surface area contributed by atoms with Crippen molar-refractivity contribution >= 4 is 21.6 Å². The van der Waals surface area contributed by atoms with Crippen LogP contribution in [0.15, 0.2) is 53.4 Å². The first-order valence-electron chi connectivity index (χ1n) is 7.84. The molecule has 0 saturated carbocycles. The van der Waals surface area contributed by atoms with Crippen LogP contribution in [0.25, 0.3) is 0 Å². The molecule has 0 unspecified atom stereocenters. The Balaban J connectivity index is 1.67. The van der Waals surface area contributed by atoms with Gasteiger partial charge in [-0.15, -0.1) is 0 Å². The minimum Gasteiger partial charge on any atom is -0.367 e. The molecule has 7 nitrogen and oxygen atoms in total. The minimum atomic E-state index is -3.82. The fourth-order valence-electron chi connectivity index (χ4n) is 2.48. The first kappa shape index (κ1) is 18.5. The van der Waals surface area contributed by atoms with Gasteiger partial charge >= 0.3 is 0 Å². The van der Waals surface area contributed by atoms with Gasteiger partial charge in [0, 0.05) is 11.3 Å². The quantitative estimate of drug-likeness (QED) is 0.729. The molecular weight excluding hydrogens is 363 g/mol. The summed E-state index contributed by atoms with van der Waals surface area (Å²) in [6.45, 7) is 0.280. The first-order valence-corrected chi connectivity index (χ1v) is 9.32. The lowest BCUT2D eigenvalue weighted by Crippen LogP contribution is -2.40. The molecule has 0 spiro atoms. The molecule has 138 valence electrons. The van der Waals surface area contributed by atoms with Gasteiger partial charge in [-0.25, -0.2) is 17.5 Å². The summed E-state index contributed by atoms with van der Waals surface area (Å²) in [4.78, 5) is 12.1. The second kappa shape index (κ2) is 7.50. The van der Waals surface area contributed by atoms with E-state index in [1.54, 1.807) is 0 Å². The van der Waals surface area contributed by atoms with Crippen molar-refractivity contribution in [3.05, 3.63) is 59.9 Å². The van der Waals surface area contributed by atoms with Crippen LogP contribution >= 0.6 is 0 Å². The maximum atomic E-state index is 12.9. The molecule has 0 aliphatic carbocycles. The number of rotatable bonds is 5. The van der Waals surface area contributed by atoms with Gasteiger partial charge in [-0.3, -0.25) is 4.79 Å². The number of carbonyl (C=O) groups excluding carboxylic acids is 1. The maximum Gasteiger partial charge on any atom is 0.255 e. The summed E-state index contributed by atoms with van der Waals surface area (Å²) in [7, 11) is -3.82. The van der Waals surface area contributed by atoms with Crippen molar-refractivity contribution in [2.75, 3.05) is 11.9 Å². The van der Waals surface area contributed by atoms with Crippen LogP contribution in [0.4, 0.5) is 10.1 Å². The third-order valence-electron chi connectivity index (χ3n) is 3.90. The molecule has 26 heavy (non-hydrogen) atoms. The van der Waals surface area contributed by atoms with Crippen LogP contribution in [0, 0.1) is 5.82 Å². The maximum absolute atomic E-state index is 12.9. The largest absolute Gasteiger partial charge is 0.367 e. The fourth-order valence-corrected chi connectivity index (χ4v) is 3.74. The van der Waals surface area contributed by atoms with E-state index in [0.29, 0.717) is 12.1 Å². The molecule has 1 heterocycles. The average Bonchev–Trinajstić information content (AvgIpc) is 3.00. The Morgan fingerprint density at radius 1 is 1.12 bits per heavy atom. The number of carbonyl (C=O) groups is 1. The zero-order valence-electron chi connectivity index (χ0n) is 13.6. The van der Waals surface area contributed by atoms with E-state index in [9.17, 15) is 22.7 Å². The van der Waals surface area contributed by atoms with E-state index in [-0.39, 0.29) is 17.1 Å². The SMILES string of the molecule is O=C(Nc1ccc(S(=O)(=O)N[C@H]2CCO[C@@H]2O)cc1)c1ccc(F)cc1. The molecular formula is C17H17FN2O5S. The smallest absolute Gasteiger partial charge is 0.255 e. The van der Waals surface area contributed by atoms with Crippen molar-refractivity contribution in [2.45, 2.75) is 23.6 Å². The number of ether oxygens (including phenoxy) is 1. The van der Waals surface area contributed by atoms with Crippen LogP contribution in [-0.4, -0.2) is 38.4 Å². The Kier molecular flexibility index (Phi) is 5.33. The molecule has 1 fully saturated rings. The second-order valence-electron chi connectivity index (χ2n) is 5.76. The minimum absolute atomic E-state index is 0.00335. The van der Waals surface area contributed by atoms with Gasteiger partial charge in [0.15, 0.2) is 6.29 Å². The highest BCUT2D eigenvalue weighted by atomic mass is 32.2. The highest BCUT2D eigenvalue weighted by Gasteiger charge is 2.30. The van der Waals surface area contributed by atoms with E-state index in [1.165, 1.54) is 48.5 Å². The van der Waals surface area contributed by atoms with Crippen molar-refractivity contribution in [1.82, 2.24) is 4.72 Å². The standard InChI is InChI=1S/C17H17FN2O5S/c18-12-3-1-11(2-4-12)16(21)19-13-5-7-14(8-6-13)26(23,24)20-15-9-10-25-17(15)22/h1-8,15,17,20,22H,9-10H2,(H,19,21)/t15-,17-/m0/s1. The number of amides is 1. The summed E-state index contributed by atoms with van der Waals surface area (Å²) in [6, 6.07) is 9.92. The summed E-state index contributed by atoms with van der Waals surface area (Å²) in [5.41, 5.74) is 0.669. The molecule has 2 aromatic carbocycles. The number of aliphatic hydroxyl groups is 1. The molecule has 0 bridgehead atoms. The number of hydrogen-bond donors (Lipinski definition) is 3. The Hall–Kier alpha value is -2.33. The van der Waals surface area contributed by atoms with E-state index in [0.717, 1.165) is 0 Å². The molecule has 1 aliphatic rings. The van der Waals surface area contributed by atoms with Crippen molar-refractivity contribution < 1.29 is 27.4 Å². The molecule has 2 aromatic rings. The topological polar surface area (TPSA) is 105 Å². The lowest BCUT2D eigenvalue weighted by Gasteiger charge is -2.15. The molecule has 2 atom stereocenters. The van der Waals surface area contributed by atoms with Crippen LogP contribution in [0.2, 0.25) is 0 Å². The van der Waals surface area contributed by atoms with Crippen LogP contribution in [-0.2, 0) is 14.8 Å². The van der Waals surface area contributed by atoms with Crippen molar-refractivity contribution in [2.24, 2.45) is 0 Å². The molecule has 9 heteroatoms. The lowest BCUT2D eigenvalue weighted by atomic mass is 10.2. The Bertz CT molecular complexity index is 884. The number of benzene rings is 2. The average molecular weight is 380 g/mol. The normalized spacial score (nSPS) is 20.1. The van der Waals surface area contributed by atoms with Crippen molar-refractivity contribution in [3.63, 3.8) is 0 Å². The summed E-state index contributed by atoms with van der Waals surface area (Å²) in [5.74, 6) is -0.883. The van der Waals surface area contributed by atoms with Gasteiger partial charge in [0.05, 0.1) is 17.5 Å². The zero-order chi connectivity index (χ0) is 18.7. The number of anilines is 1. The van der Waals surface area contributed by atoms with Gasteiger partial charge < -0.3 is 15.2 Å². The van der Waals surface area contributed by atoms with Crippen LogP contribution in [0.1, 0.15) is 16.8 Å². The van der Waals surface area contributed by atoms with E-state index in [4.69, 9.17) is 4.74 Å². The van der Waals surface area contributed by atoms with Gasteiger partial charge in [-0.1, -0.05) is 0 Å². The first-order chi connectivity index (χ1) is 12.3. The monoisotopic (exact) mass is 380 g/mol. The molecule has 0 aromatic heterocycles. The molecule has 3 rings (SSSR count). The second-order valence-corrected chi connectivity index (χ2v) is 7.48. The van der Waals surface area contributed by atoms with E-state index < -0.39 is 34.1 Å². The van der Waals surface area contributed by atoms with Gasteiger partial charge in [0.1, 0.15) is 5.82 Å². The number of sulfonamides is 1. The molecule has 1 saturated heterocycles. The number of hydrogen-bond acceptors (Lipinski definition) is 5. The molecule has 3 N–H and O–H groups in total. The Morgan fingerprint density at radius 3 is 2.35 bits per heavy atom. The molecule has 0 radical (unpaired) electrons. The van der Waals surface area contributed by atoms with Crippen LogP contribution in [0.5, 0.6) is 0 Å². The lowest BCUT2D eigenvalue weighted by molar-refractivity contribution is -0.0686. The summed E-state index contributed by atoms with van der Waals surface area (Å²) >= 11 is 0. The predicted octanol–water partition coefficient (Wildman–Crippen LogP) is 1.46. The predicted molar refractivity (Wildman–Crippen MR) is 91.5 cm³/mol. The highest BCUT2D eigenvalue weighted by molar-refractivity contribution is 7.89. The van der Waals surface area contributed by atoms with Crippen LogP contribution in [0.3, 0.4) is 0 Å². The number of halogens is 1. The fraction of sp³-hybridized carbons (Fsp3) is 0.235. The van der Waals surface area contributed by atoms with Crippen molar-refractivity contribution in [1.29, 1.82) is 0 Å². The van der Waals surface area contributed by atoms with E-state index >= 15 is 0 Å². The summed E-state index contributed by atoms with van der Waals surface area (Å²) in [5, 5.41) is 12.1. The van der Waals surface area contributed by atoms with Crippen LogP contribution < -0.4 is 10.0 Å². The number of nitrogens with one attached hydrogen (secondary N) is 2. The zero-order valence-corrected chi connectivity index (χ0v) is 14.4.